The first-order chi connectivity index (χ1) is 9.65. The van der Waals surface area contributed by atoms with Crippen molar-refractivity contribution in [3.05, 3.63) is 41.7 Å². The molecule has 0 aliphatic heterocycles. The molecule has 5 nitrogen and oxygen atoms in total. The van der Waals surface area contributed by atoms with Gasteiger partial charge in [-0.2, -0.15) is 0 Å². The number of ether oxygens (including phenoxy) is 1. The van der Waals surface area contributed by atoms with Crippen LogP contribution in [0.5, 0.6) is 5.75 Å². The molecular weight excluding hydrogens is 256 g/mol. The molecule has 0 aliphatic carbocycles. The average Bonchev–Trinajstić information content (AvgIpc) is 2.47. The third kappa shape index (κ3) is 2.93. The van der Waals surface area contributed by atoms with Crippen LogP contribution in [0.15, 0.2) is 30.5 Å². The van der Waals surface area contributed by atoms with E-state index in [1.807, 2.05) is 31.2 Å². The molecule has 104 valence electrons. The van der Waals surface area contributed by atoms with E-state index in [2.05, 4.69) is 9.97 Å². The minimum atomic E-state index is -0.995. The third-order valence-corrected chi connectivity index (χ3v) is 2.91. The van der Waals surface area contributed by atoms with Gasteiger partial charge in [-0.25, -0.2) is 14.8 Å². The fourth-order valence-electron chi connectivity index (χ4n) is 1.92. The van der Waals surface area contributed by atoms with Gasteiger partial charge in [-0.3, -0.25) is 0 Å². The predicted octanol–water partition coefficient (Wildman–Crippen LogP) is 2.80. The van der Waals surface area contributed by atoms with Crippen LogP contribution in [0.4, 0.5) is 0 Å². The minimum Gasteiger partial charge on any atom is -0.497 e. The maximum Gasteiger partial charge on any atom is 0.339 e. The monoisotopic (exact) mass is 272 g/mol. The molecule has 1 N–H and O–H groups in total. The van der Waals surface area contributed by atoms with Crippen LogP contribution in [0.25, 0.3) is 11.4 Å². The molecule has 20 heavy (non-hydrogen) atoms. The summed E-state index contributed by atoms with van der Waals surface area (Å²) < 4.78 is 5.17. The summed E-state index contributed by atoms with van der Waals surface area (Å²) in [6.07, 6.45) is 2.81. The molecule has 2 aromatic rings. The zero-order valence-electron chi connectivity index (χ0n) is 11.5. The first-order valence-electron chi connectivity index (χ1n) is 6.39. The number of hydrogen-bond acceptors (Lipinski definition) is 4. The number of aryl methyl sites for hydroxylation is 1. The number of nitrogens with zero attached hydrogens (tertiary/aromatic N) is 2. The summed E-state index contributed by atoms with van der Waals surface area (Å²) in [5, 5.41) is 9.14. The number of carboxylic acids is 1. The van der Waals surface area contributed by atoms with Crippen LogP contribution in [-0.4, -0.2) is 28.2 Å². The number of rotatable bonds is 5. The molecule has 2 rings (SSSR count). The quantitative estimate of drug-likeness (QED) is 0.906. The Balaban J connectivity index is 2.46. The van der Waals surface area contributed by atoms with Crippen LogP contribution in [0.3, 0.4) is 0 Å². The van der Waals surface area contributed by atoms with Crippen LogP contribution in [-0.2, 0) is 6.42 Å². The highest BCUT2D eigenvalue weighted by Gasteiger charge is 2.13. The van der Waals surface area contributed by atoms with E-state index < -0.39 is 5.97 Å². The summed E-state index contributed by atoms with van der Waals surface area (Å²) in [5.41, 5.74) is 1.53. The summed E-state index contributed by atoms with van der Waals surface area (Å²) in [5.74, 6) is 0.230. The molecule has 1 aromatic heterocycles. The highest BCUT2D eigenvalue weighted by molar-refractivity contribution is 5.88. The smallest absolute Gasteiger partial charge is 0.339 e. The number of carbonyl (C=O) groups is 1. The van der Waals surface area contributed by atoms with E-state index in [0.717, 1.165) is 12.0 Å². The van der Waals surface area contributed by atoms with E-state index in [9.17, 15) is 4.79 Å². The molecule has 0 bridgehead atoms. The lowest BCUT2D eigenvalue weighted by Gasteiger charge is -2.07. The van der Waals surface area contributed by atoms with Crippen LogP contribution < -0.4 is 4.74 Å². The third-order valence-electron chi connectivity index (χ3n) is 2.91. The van der Waals surface area contributed by atoms with Crippen LogP contribution in [0, 0.1) is 0 Å². The number of benzene rings is 1. The van der Waals surface area contributed by atoms with Gasteiger partial charge in [-0.1, -0.05) is 25.5 Å². The van der Waals surface area contributed by atoms with Gasteiger partial charge in [0.25, 0.3) is 0 Å². The topological polar surface area (TPSA) is 72.3 Å². The Kier molecular flexibility index (Phi) is 4.30. The normalized spacial score (nSPS) is 10.3. The maximum absolute atomic E-state index is 11.1. The van der Waals surface area contributed by atoms with Crippen molar-refractivity contribution in [1.82, 2.24) is 9.97 Å². The van der Waals surface area contributed by atoms with Gasteiger partial charge in [0, 0.05) is 11.8 Å². The summed E-state index contributed by atoms with van der Waals surface area (Å²) in [4.78, 5) is 19.7. The lowest BCUT2D eigenvalue weighted by molar-refractivity contribution is 0.0694. The molecule has 0 aliphatic rings. The van der Waals surface area contributed by atoms with Crippen LogP contribution in [0.1, 0.15) is 29.4 Å². The number of aromatic nitrogens is 2. The largest absolute Gasteiger partial charge is 0.497 e. The second-order valence-corrected chi connectivity index (χ2v) is 4.34. The standard InChI is InChI=1S/C15H16N2O3/c1-3-5-13-12(15(18)19)9-16-14(17-13)10-6-4-7-11(8-10)20-2/h4,6-9H,3,5H2,1-2H3,(H,18,19). The molecule has 0 fully saturated rings. The molecule has 0 saturated heterocycles. The molecule has 0 unspecified atom stereocenters. The Morgan fingerprint density at radius 3 is 2.85 bits per heavy atom. The molecule has 1 aromatic carbocycles. The molecule has 1 heterocycles. The van der Waals surface area contributed by atoms with Crippen molar-refractivity contribution in [2.75, 3.05) is 7.11 Å². The fraction of sp³-hybridized carbons (Fsp3) is 0.267. The molecule has 0 saturated carbocycles. The van der Waals surface area contributed by atoms with Gasteiger partial charge in [-0.15, -0.1) is 0 Å². The van der Waals surface area contributed by atoms with Gasteiger partial charge in [0.15, 0.2) is 5.82 Å². The molecule has 0 amide bonds. The van der Waals surface area contributed by atoms with Gasteiger partial charge >= 0.3 is 5.97 Å². The average molecular weight is 272 g/mol. The van der Waals surface area contributed by atoms with Crippen molar-refractivity contribution in [3.8, 4) is 17.1 Å². The summed E-state index contributed by atoms with van der Waals surface area (Å²) in [7, 11) is 1.59. The molecule has 0 spiro atoms. The van der Waals surface area contributed by atoms with Crippen molar-refractivity contribution in [2.45, 2.75) is 19.8 Å². The van der Waals surface area contributed by atoms with Gasteiger partial charge in [0.2, 0.25) is 0 Å². The highest BCUT2D eigenvalue weighted by atomic mass is 16.5. The zero-order chi connectivity index (χ0) is 14.5. The van der Waals surface area contributed by atoms with E-state index in [1.54, 1.807) is 7.11 Å². The van der Waals surface area contributed by atoms with E-state index in [0.29, 0.717) is 23.7 Å². The van der Waals surface area contributed by atoms with E-state index in [-0.39, 0.29) is 5.56 Å². The van der Waals surface area contributed by atoms with E-state index in [4.69, 9.17) is 9.84 Å². The maximum atomic E-state index is 11.1. The molecule has 0 atom stereocenters. The summed E-state index contributed by atoms with van der Waals surface area (Å²) >= 11 is 0. The van der Waals surface area contributed by atoms with Crippen molar-refractivity contribution in [3.63, 3.8) is 0 Å². The highest BCUT2D eigenvalue weighted by Crippen LogP contribution is 2.22. The fourth-order valence-corrected chi connectivity index (χ4v) is 1.92. The summed E-state index contributed by atoms with van der Waals surface area (Å²) in [6.45, 7) is 1.99. The Labute approximate surface area is 117 Å². The number of carboxylic acid groups (broad SMARTS) is 1. The van der Waals surface area contributed by atoms with Crippen molar-refractivity contribution in [2.24, 2.45) is 0 Å². The summed E-state index contributed by atoms with van der Waals surface area (Å²) in [6, 6.07) is 7.38. The lowest BCUT2D eigenvalue weighted by Crippen LogP contribution is -2.07. The first kappa shape index (κ1) is 14.0. The zero-order valence-corrected chi connectivity index (χ0v) is 11.5. The Bertz CT molecular complexity index is 626. The van der Waals surface area contributed by atoms with E-state index >= 15 is 0 Å². The first-order valence-corrected chi connectivity index (χ1v) is 6.39. The van der Waals surface area contributed by atoms with Gasteiger partial charge in [-0.05, 0) is 18.6 Å². The van der Waals surface area contributed by atoms with Gasteiger partial charge < -0.3 is 9.84 Å². The second kappa shape index (κ2) is 6.14. The SMILES string of the molecule is CCCc1nc(-c2cccc(OC)c2)ncc1C(=O)O. The Morgan fingerprint density at radius 2 is 2.20 bits per heavy atom. The second-order valence-electron chi connectivity index (χ2n) is 4.34. The Hall–Kier alpha value is -2.43. The number of hydrogen-bond donors (Lipinski definition) is 1. The van der Waals surface area contributed by atoms with Crippen molar-refractivity contribution < 1.29 is 14.6 Å². The predicted molar refractivity (Wildman–Crippen MR) is 75.0 cm³/mol. The van der Waals surface area contributed by atoms with Gasteiger partial charge in [0.05, 0.1) is 18.4 Å². The lowest BCUT2D eigenvalue weighted by atomic mass is 10.1. The molecule has 0 radical (unpaired) electrons. The molecular formula is C15H16N2O3. The van der Waals surface area contributed by atoms with Crippen LogP contribution >= 0.6 is 0 Å². The van der Waals surface area contributed by atoms with Gasteiger partial charge in [0.1, 0.15) is 5.75 Å². The molecule has 5 heteroatoms. The van der Waals surface area contributed by atoms with Crippen LogP contribution in [0.2, 0.25) is 0 Å². The minimum absolute atomic E-state index is 0.165. The number of aromatic carboxylic acids is 1. The van der Waals surface area contributed by atoms with E-state index in [1.165, 1.54) is 6.20 Å². The van der Waals surface area contributed by atoms with Crippen molar-refractivity contribution >= 4 is 5.97 Å². The van der Waals surface area contributed by atoms with Crippen molar-refractivity contribution in [1.29, 1.82) is 0 Å². The number of methoxy groups -OCH3 is 1. The Morgan fingerprint density at radius 1 is 1.40 bits per heavy atom.